The number of halogens is 1. The third kappa shape index (κ3) is 10.1. The number of hydrogen-bond donors (Lipinski definition) is 3. The van der Waals surface area contributed by atoms with Gasteiger partial charge in [-0.3, -0.25) is 4.79 Å². The molecular formula is C23H40IN5O. The van der Waals surface area contributed by atoms with Gasteiger partial charge in [0.15, 0.2) is 5.96 Å². The zero-order valence-corrected chi connectivity index (χ0v) is 21.4. The minimum atomic E-state index is -0.0218. The number of benzene rings is 1. The fourth-order valence-electron chi connectivity index (χ4n) is 3.29. The number of nitrogens with zero attached hydrogens (tertiary/aromatic N) is 2. The number of carbonyl (C=O) groups excluding carboxylic acids is 1. The highest BCUT2D eigenvalue weighted by Crippen LogP contribution is 2.15. The van der Waals surface area contributed by atoms with Gasteiger partial charge >= 0.3 is 0 Å². The van der Waals surface area contributed by atoms with E-state index in [9.17, 15) is 4.79 Å². The molecule has 6 nitrogen and oxygen atoms in total. The number of rotatable bonds is 9. The summed E-state index contributed by atoms with van der Waals surface area (Å²) in [7, 11) is 0. The molecule has 7 heteroatoms. The predicted octanol–water partition coefficient (Wildman–Crippen LogP) is 4.08. The molecule has 1 aliphatic heterocycles. The topological polar surface area (TPSA) is 68.8 Å². The monoisotopic (exact) mass is 529 g/mol. The Balaban J connectivity index is 0.00000450. The smallest absolute Gasteiger partial charge is 0.226 e. The van der Waals surface area contributed by atoms with E-state index in [4.69, 9.17) is 4.99 Å². The molecule has 0 atom stereocenters. The van der Waals surface area contributed by atoms with E-state index in [-0.39, 0.29) is 35.8 Å². The van der Waals surface area contributed by atoms with Gasteiger partial charge in [0.2, 0.25) is 5.91 Å². The highest BCUT2D eigenvalue weighted by Gasteiger charge is 2.14. The fraction of sp³-hybridized carbons (Fsp3) is 0.652. The molecule has 1 aliphatic rings. The zero-order valence-electron chi connectivity index (χ0n) is 19.0. The largest absolute Gasteiger partial charge is 0.357 e. The van der Waals surface area contributed by atoms with Crippen molar-refractivity contribution in [3.8, 4) is 0 Å². The summed E-state index contributed by atoms with van der Waals surface area (Å²) >= 11 is 0. The standard InChI is InChI=1S/C23H39N5O.HI/c1-5-24-23(25-13-6-14-28-15-11-19(4)12-16-28)26-17-20-7-9-21(10-8-20)27-22(29)18(2)3;/h7-10,18-19H,5-6,11-17H2,1-4H3,(H,27,29)(H2,24,25,26);1H. The molecule has 1 heterocycles. The zero-order chi connectivity index (χ0) is 21.1. The Morgan fingerprint density at radius 2 is 1.83 bits per heavy atom. The number of amides is 1. The number of nitrogens with one attached hydrogen (secondary N) is 3. The molecular weight excluding hydrogens is 489 g/mol. The summed E-state index contributed by atoms with van der Waals surface area (Å²) < 4.78 is 0. The van der Waals surface area contributed by atoms with Crippen LogP contribution in [0.25, 0.3) is 0 Å². The van der Waals surface area contributed by atoms with Crippen LogP contribution >= 0.6 is 24.0 Å². The number of hydrogen-bond acceptors (Lipinski definition) is 3. The first-order valence-electron chi connectivity index (χ1n) is 11.1. The molecule has 170 valence electrons. The van der Waals surface area contributed by atoms with Crippen LogP contribution in [0.15, 0.2) is 29.3 Å². The predicted molar refractivity (Wildman–Crippen MR) is 138 cm³/mol. The summed E-state index contributed by atoms with van der Waals surface area (Å²) in [6, 6.07) is 7.90. The molecule has 1 aromatic carbocycles. The van der Waals surface area contributed by atoms with Gasteiger partial charge in [-0.2, -0.15) is 0 Å². The van der Waals surface area contributed by atoms with Crippen LogP contribution in [0.4, 0.5) is 5.69 Å². The molecule has 1 saturated heterocycles. The van der Waals surface area contributed by atoms with E-state index in [0.29, 0.717) is 6.54 Å². The lowest BCUT2D eigenvalue weighted by Gasteiger charge is -2.30. The Bertz CT molecular complexity index is 639. The van der Waals surface area contributed by atoms with Gasteiger partial charge in [0.1, 0.15) is 0 Å². The first-order chi connectivity index (χ1) is 14.0. The van der Waals surface area contributed by atoms with Crippen LogP contribution in [0, 0.1) is 11.8 Å². The second-order valence-corrected chi connectivity index (χ2v) is 8.34. The minimum Gasteiger partial charge on any atom is -0.357 e. The van der Waals surface area contributed by atoms with Crippen LogP contribution < -0.4 is 16.0 Å². The van der Waals surface area contributed by atoms with Gasteiger partial charge in [-0.15, -0.1) is 24.0 Å². The van der Waals surface area contributed by atoms with Gasteiger partial charge in [0, 0.05) is 24.7 Å². The van der Waals surface area contributed by atoms with Gasteiger partial charge in [0.05, 0.1) is 6.54 Å². The van der Waals surface area contributed by atoms with Gasteiger partial charge in [-0.05, 0) is 69.4 Å². The number of guanidine groups is 1. The second-order valence-electron chi connectivity index (χ2n) is 8.34. The SMILES string of the molecule is CCNC(=NCc1ccc(NC(=O)C(C)C)cc1)NCCCN1CCC(C)CC1.I. The van der Waals surface area contributed by atoms with Gasteiger partial charge in [-0.25, -0.2) is 4.99 Å². The highest BCUT2D eigenvalue weighted by atomic mass is 127. The molecule has 1 fully saturated rings. The summed E-state index contributed by atoms with van der Waals surface area (Å²) in [6.07, 6.45) is 3.79. The number of carbonyl (C=O) groups is 1. The molecule has 0 unspecified atom stereocenters. The Labute approximate surface area is 199 Å². The van der Waals surface area contributed by atoms with Crippen molar-refractivity contribution in [3.63, 3.8) is 0 Å². The van der Waals surface area contributed by atoms with Crippen molar-refractivity contribution in [2.45, 2.75) is 53.5 Å². The molecule has 0 saturated carbocycles. The molecule has 1 aromatic rings. The van der Waals surface area contributed by atoms with Crippen molar-refractivity contribution in [3.05, 3.63) is 29.8 Å². The number of anilines is 1. The fourth-order valence-corrected chi connectivity index (χ4v) is 3.29. The van der Waals surface area contributed by atoms with E-state index in [1.54, 1.807) is 0 Å². The highest BCUT2D eigenvalue weighted by molar-refractivity contribution is 14.0. The number of aliphatic imine (C=N–C) groups is 1. The van der Waals surface area contributed by atoms with Crippen molar-refractivity contribution in [1.29, 1.82) is 0 Å². The summed E-state index contributed by atoms with van der Waals surface area (Å²) in [4.78, 5) is 19.0. The maximum atomic E-state index is 11.8. The van der Waals surface area contributed by atoms with Crippen LogP contribution in [0.2, 0.25) is 0 Å². The lowest BCUT2D eigenvalue weighted by molar-refractivity contribution is -0.118. The number of likely N-dealkylation sites (tertiary alicyclic amines) is 1. The minimum absolute atomic E-state index is 0. The van der Waals surface area contributed by atoms with Gasteiger partial charge in [0.25, 0.3) is 0 Å². The average Bonchev–Trinajstić information content (AvgIpc) is 2.71. The van der Waals surface area contributed by atoms with Crippen LogP contribution in [-0.2, 0) is 11.3 Å². The summed E-state index contributed by atoms with van der Waals surface area (Å²) in [5, 5.41) is 9.67. The molecule has 0 aliphatic carbocycles. The summed E-state index contributed by atoms with van der Waals surface area (Å²) in [5.74, 6) is 1.76. The van der Waals surface area contributed by atoms with E-state index in [0.717, 1.165) is 49.2 Å². The van der Waals surface area contributed by atoms with Crippen LogP contribution in [0.5, 0.6) is 0 Å². The van der Waals surface area contributed by atoms with Crippen LogP contribution in [0.3, 0.4) is 0 Å². The quantitative estimate of drug-likeness (QED) is 0.195. The summed E-state index contributed by atoms with van der Waals surface area (Å²) in [5.41, 5.74) is 1.95. The molecule has 0 aromatic heterocycles. The Morgan fingerprint density at radius 3 is 2.43 bits per heavy atom. The third-order valence-corrected chi connectivity index (χ3v) is 5.33. The Kier molecular flexibility index (Phi) is 13.0. The van der Waals surface area contributed by atoms with Gasteiger partial charge < -0.3 is 20.9 Å². The van der Waals surface area contributed by atoms with Crippen LogP contribution in [0.1, 0.15) is 52.5 Å². The Hall–Kier alpha value is -1.35. The molecule has 0 spiro atoms. The van der Waals surface area contributed by atoms with E-state index in [1.807, 2.05) is 38.1 Å². The molecule has 0 radical (unpaired) electrons. The van der Waals surface area contributed by atoms with Gasteiger partial charge in [-0.1, -0.05) is 32.9 Å². The van der Waals surface area contributed by atoms with Crippen molar-refractivity contribution in [2.75, 3.05) is 38.0 Å². The molecule has 30 heavy (non-hydrogen) atoms. The first kappa shape index (κ1) is 26.7. The maximum absolute atomic E-state index is 11.8. The molecule has 1 amide bonds. The maximum Gasteiger partial charge on any atom is 0.226 e. The first-order valence-corrected chi connectivity index (χ1v) is 11.1. The molecule has 3 N–H and O–H groups in total. The lowest BCUT2D eigenvalue weighted by atomic mass is 9.99. The Morgan fingerprint density at radius 1 is 1.17 bits per heavy atom. The third-order valence-electron chi connectivity index (χ3n) is 5.33. The van der Waals surface area contributed by atoms with E-state index >= 15 is 0 Å². The van der Waals surface area contributed by atoms with Crippen molar-refractivity contribution in [1.82, 2.24) is 15.5 Å². The normalized spacial score (nSPS) is 15.6. The van der Waals surface area contributed by atoms with E-state index < -0.39 is 0 Å². The van der Waals surface area contributed by atoms with Crippen LogP contribution in [-0.4, -0.2) is 49.5 Å². The lowest BCUT2D eigenvalue weighted by Crippen LogP contribution is -2.39. The molecule has 0 bridgehead atoms. The number of piperidine rings is 1. The summed E-state index contributed by atoms with van der Waals surface area (Å²) in [6.45, 7) is 14.2. The van der Waals surface area contributed by atoms with Crippen molar-refractivity contribution in [2.24, 2.45) is 16.8 Å². The average molecular weight is 530 g/mol. The van der Waals surface area contributed by atoms with E-state index in [2.05, 4.69) is 34.7 Å². The van der Waals surface area contributed by atoms with E-state index in [1.165, 1.54) is 25.9 Å². The van der Waals surface area contributed by atoms with Crippen molar-refractivity contribution < 1.29 is 4.79 Å². The second kappa shape index (κ2) is 14.6. The molecule has 2 rings (SSSR count). The van der Waals surface area contributed by atoms with Crippen molar-refractivity contribution >= 4 is 41.5 Å².